The van der Waals surface area contributed by atoms with Gasteiger partial charge in [-0.1, -0.05) is 158 Å². The molecule has 280 valence electrons. The lowest BCUT2D eigenvalue weighted by Crippen LogP contribution is -2.04. The van der Waals surface area contributed by atoms with Gasteiger partial charge in [0.15, 0.2) is 17.5 Å². The summed E-state index contributed by atoms with van der Waals surface area (Å²) in [5, 5.41) is 7.12. The molecule has 12 rings (SSSR count). The lowest BCUT2D eigenvalue weighted by atomic mass is 10.0. The summed E-state index contributed by atoms with van der Waals surface area (Å²) in [6, 6.07) is 75.0. The van der Waals surface area contributed by atoms with Crippen molar-refractivity contribution < 1.29 is 0 Å². The zero-order chi connectivity index (χ0) is 39.6. The standard InChI is InChI=1S/C55H35N5/c1-3-16-36(17-4-1)37-30-32-38(33-31-37)53-56-54(58-55(57-53)46-26-15-25-44-42-22-9-12-27-48(42)59(52(44)46)41-20-5-2-6-21-41)45-24-11-14-29-50(45)60-49-28-13-10-23-43(49)47-34-39-18-7-8-19-40(39)35-51(47)60/h1-35H. The molecule has 5 heteroatoms. The van der Waals surface area contributed by atoms with Gasteiger partial charge in [0.25, 0.3) is 0 Å². The SMILES string of the molecule is c1ccc(-c2ccc(-c3nc(-c4ccccc4-n4c5ccccc5c5cc6ccccc6cc54)nc(-c4cccc5c6ccccc6n(-c6ccccc6)c45)n3)cc2)cc1. The van der Waals surface area contributed by atoms with E-state index in [-0.39, 0.29) is 0 Å². The van der Waals surface area contributed by atoms with E-state index in [1.165, 1.54) is 26.9 Å². The Morgan fingerprint density at radius 3 is 1.58 bits per heavy atom. The van der Waals surface area contributed by atoms with Crippen molar-refractivity contribution in [2.24, 2.45) is 0 Å². The first kappa shape index (κ1) is 33.9. The Hall–Kier alpha value is -8.15. The van der Waals surface area contributed by atoms with E-state index in [1.807, 2.05) is 6.07 Å². The first-order chi connectivity index (χ1) is 29.8. The fraction of sp³-hybridized carbons (Fsp3) is 0. The average molecular weight is 766 g/mol. The van der Waals surface area contributed by atoms with Crippen LogP contribution >= 0.6 is 0 Å². The second kappa shape index (κ2) is 13.8. The Balaban J connectivity index is 1.13. The van der Waals surface area contributed by atoms with E-state index < -0.39 is 0 Å². The Kier molecular flexibility index (Phi) is 7.78. The second-order valence-corrected chi connectivity index (χ2v) is 15.2. The van der Waals surface area contributed by atoms with Gasteiger partial charge in [-0.15, -0.1) is 0 Å². The summed E-state index contributed by atoms with van der Waals surface area (Å²) in [5.41, 5.74) is 11.6. The molecular weight excluding hydrogens is 731 g/mol. The van der Waals surface area contributed by atoms with Gasteiger partial charge in [0.05, 0.1) is 27.8 Å². The van der Waals surface area contributed by atoms with Crippen molar-refractivity contribution in [3.05, 3.63) is 212 Å². The smallest absolute Gasteiger partial charge is 0.166 e. The fourth-order valence-corrected chi connectivity index (χ4v) is 9.00. The molecule has 0 saturated heterocycles. The molecule has 0 aliphatic heterocycles. The van der Waals surface area contributed by atoms with Gasteiger partial charge in [-0.2, -0.15) is 0 Å². The summed E-state index contributed by atoms with van der Waals surface area (Å²) in [6.07, 6.45) is 0. The Bertz CT molecular complexity index is 3580. The number of hydrogen-bond donors (Lipinski definition) is 0. The molecular formula is C55H35N5. The van der Waals surface area contributed by atoms with Crippen LogP contribution in [0.25, 0.3) is 111 Å². The first-order valence-electron chi connectivity index (χ1n) is 20.3. The number of benzene rings is 9. The zero-order valence-electron chi connectivity index (χ0n) is 32.4. The third kappa shape index (κ3) is 5.44. The van der Waals surface area contributed by atoms with Gasteiger partial charge < -0.3 is 9.13 Å². The number of hydrogen-bond acceptors (Lipinski definition) is 3. The van der Waals surface area contributed by atoms with Crippen molar-refractivity contribution in [2.75, 3.05) is 0 Å². The molecule has 0 fully saturated rings. The van der Waals surface area contributed by atoms with E-state index in [0.717, 1.165) is 66.6 Å². The van der Waals surface area contributed by atoms with Crippen LogP contribution < -0.4 is 0 Å². The molecule has 0 N–H and O–H groups in total. The molecule has 12 aromatic rings. The molecule has 3 aromatic heterocycles. The van der Waals surface area contributed by atoms with E-state index in [2.05, 4.69) is 215 Å². The van der Waals surface area contributed by atoms with Crippen molar-refractivity contribution in [2.45, 2.75) is 0 Å². The second-order valence-electron chi connectivity index (χ2n) is 15.2. The van der Waals surface area contributed by atoms with Crippen LogP contribution in [0.5, 0.6) is 0 Å². The summed E-state index contributed by atoms with van der Waals surface area (Å²) in [5.74, 6) is 1.82. The number of fused-ring (bicyclic) bond motifs is 7. The third-order valence-electron chi connectivity index (χ3n) is 11.8. The molecule has 60 heavy (non-hydrogen) atoms. The van der Waals surface area contributed by atoms with Crippen molar-refractivity contribution in [3.63, 3.8) is 0 Å². The van der Waals surface area contributed by atoms with Gasteiger partial charge in [-0.3, -0.25) is 0 Å². The molecule has 9 aromatic carbocycles. The predicted molar refractivity (Wildman–Crippen MR) is 248 cm³/mol. The van der Waals surface area contributed by atoms with Gasteiger partial charge in [-0.25, -0.2) is 15.0 Å². The van der Waals surface area contributed by atoms with Crippen molar-refractivity contribution >= 4 is 54.4 Å². The predicted octanol–water partition coefficient (Wildman–Crippen LogP) is 13.9. The largest absolute Gasteiger partial charge is 0.309 e. The van der Waals surface area contributed by atoms with Crippen molar-refractivity contribution in [1.82, 2.24) is 24.1 Å². The van der Waals surface area contributed by atoms with Gasteiger partial charge >= 0.3 is 0 Å². The molecule has 0 aliphatic rings. The molecule has 0 amide bonds. The lowest BCUT2D eigenvalue weighted by Gasteiger charge is -2.15. The van der Waals surface area contributed by atoms with E-state index in [9.17, 15) is 0 Å². The number of nitrogens with zero attached hydrogens (tertiary/aromatic N) is 5. The normalized spacial score (nSPS) is 11.7. The van der Waals surface area contributed by atoms with E-state index in [4.69, 9.17) is 15.0 Å². The topological polar surface area (TPSA) is 48.5 Å². The molecule has 0 spiro atoms. The molecule has 0 unspecified atom stereocenters. The minimum atomic E-state index is 0.601. The van der Waals surface area contributed by atoms with Crippen LogP contribution in [0.15, 0.2) is 212 Å². The maximum Gasteiger partial charge on any atom is 0.166 e. The van der Waals surface area contributed by atoms with Gasteiger partial charge in [0, 0.05) is 43.9 Å². The van der Waals surface area contributed by atoms with Gasteiger partial charge in [0.2, 0.25) is 0 Å². The number of para-hydroxylation sites is 5. The molecule has 0 atom stereocenters. The van der Waals surface area contributed by atoms with Crippen LogP contribution in [-0.4, -0.2) is 24.1 Å². The van der Waals surface area contributed by atoms with E-state index in [0.29, 0.717) is 17.5 Å². The highest BCUT2D eigenvalue weighted by Gasteiger charge is 2.22. The Morgan fingerprint density at radius 2 is 0.817 bits per heavy atom. The number of rotatable bonds is 6. The summed E-state index contributed by atoms with van der Waals surface area (Å²) in [7, 11) is 0. The zero-order valence-corrected chi connectivity index (χ0v) is 32.4. The highest BCUT2D eigenvalue weighted by molar-refractivity contribution is 6.15. The number of aromatic nitrogens is 5. The first-order valence-corrected chi connectivity index (χ1v) is 20.3. The maximum absolute atomic E-state index is 5.45. The van der Waals surface area contributed by atoms with Crippen LogP contribution in [0.3, 0.4) is 0 Å². The third-order valence-corrected chi connectivity index (χ3v) is 11.8. The van der Waals surface area contributed by atoms with Crippen LogP contribution in [-0.2, 0) is 0 Å². The van der Waals surface area contributed by atoms with Crippen molar-refractivity contribution in [3.8, 4) is 56.7 Å². The molecule has 0 bridgehead atoms. The van der Waals surface area contributed by atoms with Crippen LogP contribution in [0.4, 0.5) is 0 Å². The van der Waals surface area contributed by atoms with E-state index in [1.54, 1.807) is 0 Å². The monoisotopic (exact) mass is 765 g/mol. The summed E-state index contributed by atoms with van der Waals surface area (Å²) in [6.45, 7) is 0. The van der Waals surface area contributed by atoms with Crippen LogP contribution in [0.1, 0.15) is 0 Å². The minimum absolute atomic E-state index is 0.601. The molecule has 5 nitrogen and oxygen atoms in total. The highest BCUT2D eigenvalue weighted by atomic mass is 15.1. The molecule has 3 heterocycles. The van der Waals surface area contributed by atoms with Gasteiger partial charge in [0.1, 0.15) is 0 Å². The Labute approximate surface area is 346 Å². The molecule has 0 radical (unpaired) electrons. The minimum Gasteiger partial charge on any atom is -0.309 e. The quantitative estimate of drug-likeness (QED) is 0.169. The fourth-order valence-electron chi connectivity index (χ4n) is 9.00. The lowest BCUT2D eigenvalue weighted by molar-refractivity contribution is 1.06. The summed E-state index contributed by atoms with van der Waals surface area (Å²) < 4.78 is 4.71. The van der Waals surface area contributed by atoms with Crippen LogP contribution in [0, 0.1) is 0 Å². The van der Waals surface area contributed by atoms with Crippen molar-refractivity contribution in [1.29, 1.82) is 0 Å². The Morgan fingerprint density at radius 1 is 0.300 bits per heavy atom. The molecule has 0 saturated carbocycles. The highest BCUT2D eigenvalue weighted by Crippen LogP contribution is 2.40. The summed E-state index contributed by atoms with van der Waals surface area (Å²) in [4.78, 5) is 16.1. The molecule has 0 aliphatic carbocycles. The van der Waals surface area contributed by atoms with E-state index >= 15 is 0 Å². The average Bonchev–Trinajstić information content (AvgIpc) is 3.83. The maximum atomic E-state index is 5.45. The summed E-state index contributed by atoms with van der Waals surface area (Å²) >= 11 is 0. The van der Waals surface area contributed by atoms with Crippen LogP contribution in [0.2, 0.25) is 0 Å². The van der Waals surface area contributed by atoms with Gasteiger partial charge in [-0.05, 0) is 76.5 Å².